The summed E-state index contributed by atoms with van der Waals surface area (Å²) in [7, 11) is 0. The van der Waals surface area contributed by atoms with Crippen molar-refractivity contribution in [2.45, 2.75) is 153 Å². The van der Waals surface area contributed by atoms with Crippen LogP contribution in [0.5, 0.6) is 11.5 Å². The molecule has 32 nitrogen and oxygen atoms in total. The quantitative estimate of drug-likeness (QED) is 0.0200. The van der Waals surface area contributed by atoms with Crippen LogP contribution in [-0.4, -0.2) is 286 Å². The monoisotopic (exact) mass is 1540 g/mol. The number of nitriles is 2. The van der Waals surface area contributed by atoms with E-state index in [9.17, 15) is 91.0 Å². The van der Waals surface area contributed by atoms with Gasteiger partial charge in [0.1, 0.15) is 46.9 Å². The smallest absolute Gasteiger partial charge is 0.323 e. The van der Waals surface area contributed by atoms with Gasteiger partial charge >= 0.3 is 23.9 Å². The summed E-state index contributed by atoms with van der Waals surface area (Å²) in [5.74, 6) is -14.2. The predicted molar refractivity (Wildman–Crippen MR) is 387 cm³/mol. The number of rotatable bonds is 34. The number of pyridine rings is 2. The van der Waals surface area contributed by atoms with Crippen molar-refractivity contribution >= 4 is 87.0 Å². The lowest BCUT2D eigenvalue weighted by Gasteiger charge is -2.37. The number of carboxylic acids is 2. The van der Waals surface area contributed by atoms with Crippen LogP contribution in [0.3, 0.4) is 0 Å². The van der Waals surface area contributed by atoms with Crippen molar-refractivity contribution in [2.24, 2.45) is 0 Å². The first-order valence-electron chi connectivity index (χ1n) is 36.3. The van der Waals surface area contributed by atoms with Gasteiger partial charge in [0, 0.05) is 114 Å². The summed E-state index contributed by atoms with van der Waals surface area (Å²) in [6.45, 7) is 7.41. The molecule has 4 atom stereocenters. The molecule has 36 heteroatoms. The van der Waals surface area contributed by atoms with Crippen molar-refractivity contribution in [3.8, 4) is 23.6 Å². The minimum Gasteiger partial charge on any atom is -0.494 e. The number of aliphatic carboxylic acids is 2. The third-order valence-electron chi connectivity index (χ3n) is 17.9. The van der Waals surface area contributed by atoms with Crippen molar-refractivity contribution in [2.75, 3.05) is 124 Å². The molecule has 3 aliphatic heterocycles. The standard InChI is InChI=1S/C74H97F4N15O17/c1-71(2,3)109-66(102)45-90-28-27-88(43-64(98)99)25-26-89(44-65(100)101)29-31-91(32-30-90)59(70(106)110-72(4,5)6)16-18-61(95)87-58(69(105)84-22-8-10-34-108-51-12-14-57-55(36-51)53(20-24-82-57)68(104)86-42-63(97)93-47-74(77,78)38-49(93)40-80)15-17-60(94)83-21-7-9-33-107-50-11-13-56-54(35-50)52(19-23-81-56)67(103)85-41-62(96)92-46-73(75,76)37-48(92)39-79/h11-14,19-20,23-24,35-36,48-49,58-59H,7-10,15-18,21-22,25-34,37-38,41-47H2,1-6H3,(H,83,94)(H,84,105)(H,85,103)(H,86,104)(H,87,95)(H,98,99)(H,100,101)/t48-,49-,58-,59?/m0/s1. The highest BCUT2D eigenvalue weighted by atomic mass is 19.3. The second-order valence-corrected chi connectivity index (χ2v) is 29.1. The number of esters is 2. The third-order valence-corrected chi connectivity index (χ3v) is 17.9. The van der Waals surface area contributed by atoms with Gasteiger partial charge < -0.3 is 65.5 Å². The Hall–Kier alpha value is -10.4. The van der Waals surface area contributed by atoms with E-state index in [-0.39, 0.29) is 129 Å². The van der Waals surface area contributed by atoms with Crippen molar-refractivity contribution < 1.29 is 99.5 Å². The van der Waals surface area contributed by atoms with E-state index in [1.807, 2.05) is 0 Å². The molecule has 0 aliphatic carbocycles. The van der Waals surface area contributed by atoms with Gasteiger partial charge in [0.15, 0.2) is 0 Å². The molecule has 4 aromatic rings. The van der Waals surface area contributed by atoms with E-state index in [1.165, 1.54) is 24.5 Å². The van der Waals surface area contributed by atoms with E-state index in [1.54, 1.807) is 110 Å². The van der Waals surface area contributed by atoms with Gasteiger partial charge in [0.25, 0.3) is 23.7 Å². The Balaban J connectivity index is 0.991. The van der Waals surface area contributed by atoms with Gasteiger partial charge in [-0.3, -0.25) is 82.3 Å². The van der Waals surface area contributed by atoms with Gasteiger partial charge in [-0.2, -0.15) is 10.5 Å². The topological polar surface area (TPSA) is 418 Å². The molecule has 7 amide bonds. The maximum Gasteiger partial charge on any atom is 0.323 e. The average Bonchev–Trinajstić information content (AvgIpc) is 1.09. The first-order chi connectivity index (χ1) is 52.0. The van der Waals surface area contributed by atoms with Gasteiger partial charge in [0.2, 0.25) is 29.5 Å². The molecule has 0 saturated carbocycles. The lowest BCUT2D eigenvalue weighted by Crippen LogP contribution is -2.53. The zero-order valence-corrected chi connectivity index (χ0v) is 62.6. The molecule has 0 spiro atoms. The van der Waals surface area contributed by atoms with Crippen molar-refractivity contribution in [1.82, 2.24) is 66.0 Å². The van der Waals surface area contributed by atoms with E-state index in [2.05, 4.69) is 36.6 Å². The summed E-state index contributed by atoms with van der Waals surface area (Å²) in [4.78, 5) is 163. The van der Waals surface area contributed by atoms with Gasteiger partial charge in [0.05, 0.1) is 93.3 Å². The van der Waals surface area contributed by atoms with Crippen LogP contribution >= 0.6 is 0 Å². The maximum atomic E-state index is 14.4. The zero-order valence-electron chi connectivity index (χ0n) is 62.6. The molecule has 3 aliphatic rings. The molecule has 598 valence electrons. The number of unbranched alkanes of at least 4 members (excludes halogenated alkanes) is 2. The summed E-state index contributed by atoms with van der Waals surface area (Å²) in [6, 6.07) is 10.7. The molecule has 2 aromatic heterocycles. The van der Waals surface area contributed by atoms with Gasteiger partial charge in [-0.15, -0.1) is 0 Å². The third kappa shape index (κ3) is 28.2. The Labute approximate surface area is 633 Å². The first kappa shape index (κ1) is 86.8. The largest absolute Gasteiger partial charge is 0.494 e. The Morgan fingerprint density at radius 3 is 1.45 bits per heavy atom. The maximum absolute atomic E-state index is 14.4. The fourth-order valence-electron chi connectivity index (χ4n) is 12.6. The van der Waals surface area contributed by atoms with E-state index in [0.29, 0.717) is 59.0 Å². The number of likely N-dealkylation sites (tertiary alicyclic amines) is 2. The van der Waals surface area contributed by atoms with Crippen LogP contribution in [0, 0.1) is 22.7 Å². The summed E-state index contributed by atoms with van der Waals surface area (Å²) in [5, 5.41) is 52.4. The second-order valence-electron chi connectivity index (χ2n) is 29.1. The van der Waals surface area contributed by atoms with Crippen molar-refractivity contribution in [3.63, 3.8) is 0 Å². The summed E-state index contributed by atoms with van der Waals surface area (Å²) < 4.78 is 79.7. The molecule has 7 rings (SSSR count). The van der Waals surface area contributed by atoms with Crippen LogP contribution in [0.4, 0.5) is 17.6 Å². The Morgan fingerprint density at radius 1 is 0.564 bits per heavy atom. The Morgan fingerprint density at radius 2 is 1.00 bits per heavy atom. The first-order valence-corrected chi connectivity index (χ1v) is 36.3. The van der Waals surface area contributed by atoms with Gasteiger partial charge in [-0.1, -0.05) is 0 Å². The fraction of sp³-hybridized carbons (Fsp3) is 0.581. The second kappa shape index (κ2) is 40.3. The highest BCUT2D eigenvalue weighted by Gasteiger charge is 2.48. The van der Waals surface area contributed by atoms with Crippen molar-refractivity contribution in [1.29, 1.82) is 10.5 Å². The molecule has 2 aromatic carbocycles. The molecule has 7 N–H and O–H groups in total. The van der Waals surface area contributed by atoms with E-state index < -0.39 is 158 Å². The summed E-state index contributed by atoms with van der Waals surface area (Å²) >= 11 is 0. The van der Waals surface area contributed by atoms with E-state index >= 15 is 0 Å². The number of amides is 7. The average molecular weight is 1540 g/mol. The normalized spacial score (nSPS) is 17.9. The number of benzene rings is 2. The number of alkyl halides is 4. The molecule has 0 bridgehead atoms. The zero-order chi connectivity index (χ0) is 80.5. The fourth-order valence-corrected chi connectivity index (χ4v) is 12.6. The molecule has 0 radical (unpaired) electrons. The van der Waals surface area contributed by atoms with Crippen LogP contribution in [0.1, 0.15) is 126 Å². The van der Waals surface area contributed by atoms with E-state index in [0.717, 1.165) is 9.80 Å². The number of halogens is 4. The number of hydrogen-bond acceptors (Lipinski definition) is 23. The van der Waals surface area contributed by atoms with Crippen LogP contribution in [0.15, 0.2) is 60.9 Å². The highest BCUT2D eigenvalue weighted by molar-refractivity contribution is 6.08. The molecule has 5 heterocycles. The highest BCUT2D eigenvalue weighted by Crippen LogP contribution is 2.34. The number of fused-ring (bicyclic) bond motifs is 2. The number of carboxylic acid groups (broad SMARTS) is 2. The lowest BCUT2D eigenvalue weighted by atomic mass is 10.1. The van der Waals surface area contributed by atoms with E-state index in [4.69, 9.17) is 18.9 Å². The minimum absolute atomic E-state index is 0.0449. The predicted octanol–water partition coefficient (Wildman–Crippen LogP) is 3.50. The number of aromatic nitrogens is 2. The Kier molecular flexibility index (Phi) is 31.8. The van der Waals surface area contributed by atoms with Crippen LogP contribution in [-0.2, 0) is 52.6 Å². The van der Waals surface area contributed by atoms with Crippen molar-refractivity contribution in [3.05, 3.63) is 72.1 Å². The number of carbonyl (C=O) groups is 11. The number of hydrogen-bond donors (Lipinski definition) is 7. The van der Waals surface area contributed by atoms with Crippen LogP contribution < -0.4 is 36.1 Å². The lowest BCUT2D eigenvalue weighted by molar-refractivity contribution is -0.163. The number of nitrogens with one attached hydrogen (secondary N) is 5. The number of carbonyl (C=O) groups excluding carboxylic acids is 9. The SMILES string of the molecule is CC(C)(C)OC(=O)CN1CCN(CC(=O)O)CCN(CC(=O)O)CCN(C(CCC(=O)N[C@@H](CCC(=O)NCCCCOc2ccc3nccc(C(=O)NCC(=O)N4CC(F)(F)C[C@H]4C#N)c3c2)C(=O)NCCCCOc2ccc3nccc(C(=O)NCC(=O)N4CC(F)(F)C[C@H]4C#N)c3c2)C(=O)OC(C)(C)C)CC1. The molecular weight excluding hydrogens is 1450 g/mol. The van der Waals surface area contributed by atoms with Crippen LogP contribution in [0.2, 0.25) is 0 Å². The molecule has 3 saturated heterocycles. The summed E-state index contributed by atoms with van der Waals surface area (Å²) in [5.41, 5.74) is -0.826. The molecule has 110 heavy (non-hydrogen) atoms. The molecule has 1 unspecified atom stereocenters. The minimum atomic E-state index is -3.24. The van der Waals surface area contributed by atoms with Gasteiger partial charge in [-0.05, 0) is 129 Å². The summed E-state index contributed by atoms with van der Waals surface area (Å²) in [6.07, 6.45) is 1.73. The molecular formula is C74H97F4N15O17. The molecule has 3 fully saturated rings. The number of nitrogens with zero attached hydrogens (tertiary/aromatic N) is 10. The van der Waals surface area contributed by atoms with Gasteiger partial charge in [-0.25, -0.2) is 17.6 Å². The Bertz CT molecular complexity index is 4040. The van der Waals surface area contributed by atoms with Crippen LogP contribution in [0.25, 0.3) is 21.8 Å². The number of ether oxygens (including phenoxy) is 4.